The van der Waals surface area contributed by atoms with Gasteiger partial charge >= 0.3 is 0 Å². The Labute approximate surface area is 141 Å². The smallest absolute Gasteiger partial charge is 0.241 e. The van der Waals surface area contributed by atoms with E-state index < -0.39 is 0 Å². The average Bonchev–Trinajstić information content (AvgIpc) is 2.94. The van der Waals surface area contributed by atoms with E-state index in [-0.39, 0.29) is 12.1 Å². The Hall–Kier alpha value is -2.82. The number of rotatable bonds is 2. The highest BCUT2D eigenvalue weighted by molar-refractivity contribution is 5.42. The standard InChI is InChI=1S/C19H21N5/c1-12-6-8-14(9-7-12)16-11-17(15-5-3-4-13(2)10-15)24-19(21-16)22-18(20)23-24/h3-10,16-17H,11H2,1-2H3,(H3,20,21,22,23)/t16-,17-/m0/s1. The number of fused-ring (bicyclic) bond motifs is 1. The molecular formula is C19H21N5. The van der Waals surface area contributed by atoms with Crippen molar-refractivity contribution in [2.24, 2.45) is 0 Å². The molecule has 5 heteroatoms. The third kappa shape index (κ3) is 2.62. The van der Waals surface area contributed by atoms with Gasteiger partial charge in [-0.05, 0) is 31.4 Å². The molecule has 0 spiro atoms. The van der Waals surface area contributed by atoms with Gasteiger partial charge < -0.3 is 11.1 Å². The van der Waals surface area contributed by atoms with Crippen LogP contribution < -0.4 is 11.1 Å². The maximum Gasteiger partial charge on any atom is 0.241 e. The van der Waals surface area contributed by atoms with Crippen LogP contribution >= 0.6 is 0 Å². The van der Waals surface area contributed by atoms with Crippen LogP contribution in [0.3, 0.4) is 0 Å². The van der Waals surface area contributed by atoms with Crippen molar-refractivity contribution in [3.63, 3.8) is 0 Å². The number of nitrogens with one attached hydrogen (secondary N) is 1. The van der Waals surface area contributed by atoms with Crippen LogP contribution in [0.1, 0.15) is 40.8 Å². The summed E-state index contributed by atoms with van der Waals surface area (Å²) in [6, 6.07) is 17.5. The first-order valence-corrected chi connectivity index (χ1v) is 8.22. The second kappa shape index (κ2) is 5.67. The lowest BCUT2D eigenvalue weighted by Crippen LogP contribution is -2.28. The Morgan fingerprint density at radius 1 is 1.04 bits per heavy atom. The van der Waals surface area contributed by atoms with Crippen LogP contribution in [0.15, 0.2) is 48.5 Å². The summed E-state index contributed by atoms with van der Waals surface area (Å²) in [6.07, 6.45) is 0.905. The van der Waals surface area contributed by atoms with Crippen LogP contribution in [0, 0.1) is 13.8 Å². The van der Waals surface area contributed by atoms with Crippen LogP contribution in [0.2, 0.25) is 0 Å². The molecule has 3 N–H and O–H groups in total. The van der Waals surface area contributed by atoms with E-state index in [1.807, 2.05) is 4.68 Å². The maximum atomic E-state index is 5.85. The second-order valence-corrected chi connectivity index (χ2v) is 6.51. The number of aryl methyl sites for hydroxylation is 2. The number of hydrogen-bond donors (Lipinski definition) is 2. The molecule has 5 nitrogen and oxygen atoms in total. The molecule has 2 aromatic carbocycles. The van der Waals surface area contributed by atoms with Gasteiger partial charge in [0.1, 0.15) is 0 Å². The molecule has 0 saturated carbocycles. The first kappa shape index (κ1) is 14.8. The molecule has 24 heavy (non-hydrogen) atoms. The van der Waals surface area contributed by atoms with Gasteiger partial charge in [-0.2, -0.15) is 4.98 Å². The molecule has 0 fully saturated rings. The minimum absolute atomic E-state index is 0.122. The third-order valence-corrected chi connectivity index (χ3v) is 4.61. The van der Waals surface area contributed by atoms with Crippen molar-refractivity contribution in [1.29, 1.82) is 0 Å². The zero-order valence-corrected chi connectivity index (χ0v) is 13.9. The van der Waals surface area contributed by atoms with Gasteiger partial charge in [-0.25, -0.2) is 4.68 Å². The summed E-state index contributed by atoms with van der Waals surface area (Å²) in [4.78, 5) is 4.36. The lowest BCUT2D eigenvalue weighted by Gasteiger charge is -2.32. The first-order valence-electron chi connectivity index (χ1n) is 8.22. The molecule has 1 aromatic heterocycles. The third-order valence-electron chi connectivity index (χ3n) is 4.61. The highest BCUT2D eigenvalue weighted by Crippen LogP contribution is 2.38. The summed E-state index contributed by atoms with van der Waals surface area (Å²) >= 11 is 0. The van der Waals surface area contributed by atoms with E-state index in [9.17, 15) is 0 Å². The molecule has 0 aliphatic carbocycles. The summed E-state index contributed by atoms with van der Waals surface area (Å²) in [5.41, 5.74) is 10.8. The van der Waals surface area contributed by atoms with E-state index in [0.717, 1.165) is 12.4 Å². The Bertz CT molecular complexity index is 866. The molecule has 0 amide bonds. The van der Waals surface area contributed by atoms with Gasteiger partial charge in [-0.3, -0.25) is 0 Å². The van der Waals surface area contributed by atoms with Crippen molar-refractivity contribution in [3.05, 3.63) is 70.8 Å². The van der Waals surface area contributed by atoms with Crippen molar-refractivity contribution in [2.75, 3.05) is 11.1 Å². The van der Waals surface area contributed by atoms with Crippen LogP contribution in [0.25, 0.3) is 0 Å². The SMILES string of the molecule is Cc1ccc([C@@H]2C[C@@H](c3cccc(C)c3)n3nc(N)nc3N2)cc1. The number of hydrogen-bond acceptors (Lipinski definition) is 4. The summed E-state index contributed by atoms with van der Waals surface area (Å²) in [6.45, 7) is 4.21. The number of aromatic nitrogens is 3. The van der Waals surface area contributed by atoms with Crippen molar-refractivity contribution in [1.82, 2.24) is 14.8 Å². The van der Waals surface area contributed by atoms with Gasteiger partial charge in [0.15, 0.2) is 0 Å². The lowest BCUT2D eigenvalue weighted by atomic mass is 9.92. The minimum Gasteiger partial charge on any atom is -0.366 e. The maximum absolute atomic E-state index is 5.85. The predicted molar refractivity (Wildman–Crippen MR) is 95.9 cm³/mol. The molecule has 1 aliphatic rings. The van der Waals surface area contributed by atoms with Crippen LogP contribution in [0.4, 0.5) is 11.9 Å². The first-order chi connectivity index (χ1) is 11.6. The molecule has 2 atom stereocenters. The quantitative estimate of drug-likeness (QED) is 0.757. The molecule has 122 valence electrons. The summed E-state index contributed by atoms with van der Waals surface area (Å²) in [5.74, 6) is 1.04. The molecule has 1 aliphatic heterocycles. The van der Waals surface area contributed by atoms with Gasteiger partial charge in [0.25, 0.3) is 0 Å². The van der Waals surface area contributed by atoms with Gasteiger partial charge in [0, 0.05) is 0 Å². The number of nitrogen functional groups attached to an aromatic ring is 1. The van der Waals surface area contributed by atoms with Gasteiger partial charge in [-0.1, -0.05) is 59.7 Å². The number of anilines is 2. The molecule has 3 aromatic rings. The Morgan fingerprint density at radius 3 is 2.58 bits per heavy atom. The Kier molecular flexibility index (Phi) is 3.49. The topological polar surface area (TPSA) is 68.8 Å². The van der Waals surface area contributed by atoms with E-state index in [2.05, 4.69) is 77.8 Å². The number of nitrogens with zero attached hydrogens (tertiary/aromatic N) is 3. The molecular weight excluding hydrogens is 298 g/mol. The molecule has 0 unspecified atom stereocenters. The van der Waals surface area contributed by atoms with E-state index in [1.54, 1.807) is 0 Å². The van der Waals surface area contributed by atoms with E-state index in [4.69, 9.17) is 5.73 Å². The Morgan fingerprint density at radius 2 is 1.83 bits per heavy atom. The van der Waals surface area contributed by atoms with Crippen LogP contribution in [-0.4, -0.2) is 14.8 Å². The summed E-state index contributed by atoms with van der Waals surface area (Å²) in [5, 5.41) is 7.88. The fourth-order valence-corrected chi connectivity index (χ4v) is 3.37. The minimum atomic E-state index is 0.122. The normalized spacial score (nSPS) is 19.6. The van der Waals surface area contributed by atoms with Crippen LogP contribution in [0.5, 0.6) is 0 Å². The summed E-state index contributed by atoms with van der Waals surface area (Å²) in [7, 11) is 0. The second-order valence-electron chi connectivity index (χ2n) is 6.51. The molecule has 0 radical (unpaired) electrons. The van der Waals surface area contributed by atoms with Crippen LogP contribution in [-0.2, 0) is 0 Å². The zero-order chi connectivity index (χ0) is 16.7. The van der Waals surface area contributed by atoms with Crippen molar-refractivity contribution in [3.8, 4) is 0 Å². The van der Waals surface area contributed by atoms with Crippen molar-refractivity contribution < 1.29 is 0 Å². The Balaban J connectivity index is 1.76. The van der Waals surface area contributed by atoms with E-state index >= 15 is 0 Å². The zero-order valence-electron chi connectivity index (χ0n) is 13.9. The van der Waals surface area contributed by atoms with Crippen molar-refractivity contribution in [2.45, 2.75) is 32.4 Å². The predicted octanol–water partition coefficient (Wildman–Crippen LogP) is 3.62. The molecule has 4 rings (SSSR count). The average molecular weight is 319 g/mol. The van der Waals surface area contributed by atoms with E-state index in [1.165, 1.54) is 22.3 Å². The van der Waals surface area contributed by atoms with Gasteiger partial charge in [0.05, 0.1) is 12.1 Å². The number of benzene rings is 2. The van der Waals surface area contributed by atoms with Crippen molar-refractivity contribution >= 4 is 11.9 Å². The molecule has 2 heterocycles. The largest absolute Gasteiger partial charge is 0.366 e. The molecule has 0 bridgehead atoms. The highest BCUT2D eigenvalue weighted by Gasteiger charge is 2.30. The molecule has 0 saturated heterocycles. The monoisotopic (exact) mass is 319 g/mol. The van der Waals surface area contributed by atoms with Gasteiger partial charge in [0.2, 0.25) is 11.9 Å². The fraction of sp³-hybridized carbons (Fsp3) is 0.263. The fourth-order valence-electron chi connectivity index (χ4n) is 3.37. The lowest BCUT2D eigenvalue weighted by molar-refractivity contribution is 0.431. The summed E-state index contributed by atoms with van der Waals surface area (Å²) < 4.78 is 1.91. The van der Waals surface area contributed by atoms with E-state index in [0.29, 0.717) is 5.95 Å². The number of nitrogens with two attached hydrogens (primary N) is 1. The highest BCUT2D eigenvalue weighted by atomic mass is 15.4. The van der Waals surface area contributed by atoms with Gasteiger partial charge in [-0.15, -0.1) is 5.10 Å².